The molecular weight excluding hydrogens is 266 g/mol. The Morgan fingerprint density at radius 3 is 2.67 bits per heavy atom. The summed E-state index contributed by atoms with van der Waals surface area (Å²) < 4.78 is 0. The van der Waals surface area contributed by atoms with Crippen molar-refractivity contribution in [3.05, 3.63) is 41.6 Å². The number of carbonyl (C=O) groups is 2. The first kappa shape index (κ1) is 13.8. The monoisotopic (exact) mass is 285 g/mol. The molecule has 1 aromatic carbocycles. The third-order valence-corrected chi connectivity index (χ3v) is 4.11. The molecule has 0 atom stereocenters. The van der Waals surface area contributed by atoms with Crippen molar-refractivity contribution in [1.29, 1.82) is 0 Å². The van der Waals surface area contributed by atoms with Crippen molar-refractivity contribution in [2.75, 3.05) is 25.5 Å². The van der Waals surface area contributed by atoms with Gasteiger partial charge in [0, 0.05) is 11.8 Å². The molecule has 5 nitrogen and oxygen atoms in total. The Kier molecular flexibility index (Phi) is 3.75. The van der Waals surface area contributed by atoms with Crippen molar-refractivity contribution in [3.8, 4) is 0 Å². The first-order valence-electron chi connectivity index (χ1n) is 7.24. The summed E-state index contributed by atoms with van der Waals surface area (Å²) in [5.41, 5.74) is 2.45. The summed E-state index contributed by atoms with van der Waals surface area (Å²) in [6, 6.07) is 8.11. The van der Waals surface area contributed by atoms with E-state index in [-0.39, 0.29) is 11.8 Å². The minimum Gasteiger partial charge on any atom is -0.351 e. The van der Waals surface area contributed by atoms with Gasteiger partial charge in [-0.25, -0.2) is 0 Å². The molecule has 1 saturated heterocycles. The Hall–Kier alpha value is -2.14. The molecule has 3 rings (SSSR count). The molecule has 0 aromatic heterocycles. The zero-order valence-electron chi connectivity index (χ0n) is 12.1. The van der Waals surface area contributed by atoms with E-state index in [0.29, 0.717) is 11.6 Å². The Bertz CT molecular complexity index is 601. The summed E-state index contributed by atoms with van der Waals surface area (Å²) in [7, 11) is 2.15. The topological polar surface area (TPSA) is 61.4 Å². The third kappa shape index (κ3) is 3.13. The van der Waals surface area contributed by atoms with Crippen LogP contribution in [0.15, 0.2) is 36.0 Å². The van der Waals surface area contributed by atoms with Crippen molar-refractivity contribution >= 4 is 17.5 Å². The van der Waals surface area contributed by atoms with E-state index in [2.05, 4.69) is 34.7 Å². The highest BCUT2D eigenvalue weighted by molar-refractivity contribution is 6.17. The number of carbonyl (C=O) groups excluding carboxylic acids is 2. The number of imide groups is 1. The van der Waals surface area contributed by atoms with Gasteiger partial charge in [0.05, 0.1) is 0 Å². The second kappa shape index (κ2) is 5.69. The summed E-state index contributed by atoms with van der Waals surface area (Å²) in [5, 5.41) is 5.26. The SMILES string of the molecule is CN1CCC(c2cccc(NC3=CC(=O)NC3=O)c2)CC1. The fourth-order valence-electron chi connectivity index (χ4n) is 2.87. The van der Waals surface area contributed by atoms with E-state index in [1.807, 2.05) is 12.1 Å². The molecule has 110 valence electrons. The molecule has 0 unspecified atom stereocenters. The fraction of sp³-hybridized carbons (Fsp3) is 0.375. The Morgan fingerprint density at radius 1 is 1.24 bits per heavy atom. The number of likely N-dealkylation sites (tertiary alicyclic amines) is 1. The smallest absolute Gasteiger partial charge is 0.274 e. The normalized spacial score (nSPS) is 20.3. The van der Waals surface area contributed by atoms with Crippen LogP contribution in [-0.4, -0.2) is 36.9 Å². The number of rotatable bonds is 3. The molecule has 0 saturated carbocycles. The fourth-order valence-corrected chi connectivity index (χ4v) is 2.87. The van der Waals surface area contributed by atoms with Gasteiger partial charge in [-0.1, -0.05) is 12.1 Å². The van der Waals surface area contributed by atoms with Crippen LogP contribution in [0.5, 0.6) is 0 Å². The van der Waals surface area contributed by atoms with Gasteiger partial charge in [0.25, 0.3) is 11.8 Å². The Balaban J connectivity index is 1.73. The number of piperidine rings is 1. The average Bonchev–Trinajstić information content (AvgIpc) is 2.78. The van der Waals surface area contributed by atoms with Crippen LogP contribution in [-0.2, 0) is 9.59 Å². The lowest BCUT2D eigenvalue weighted by molar-refractivity contribution is -0.123. The van der Waals surface area contributed by atoms with Gasteiger partial charge >= 0.3 is 0 Å². The standard InChI is InChI=1S/C16H19N3O2/c1-19-7-5-11(6-8-19)12-3-2-4-13(9-12)17-14-10-15(20)18-16(14)21/h2-4,9-11H,5-8H2,1H3,(H2,17,18,20,21). The number of hydrogen-bond acceptors (Lipinski definition) is 4. The zero-order chi connectivity index (χ0) is 14.8. The Labute approximate surface area is 124 Å². The maximum absolute atomic E-state index is 11.5. The predicted octanol–water partition coefficient (Wildman–Crippen LogP) is 1.45. The summed E-state index contributed by atoms with van der Waals surface area (Å²) in [4.78, 5) is 25.0. The first-order valence-corrected chi connectivity index (χ1v) is 7.24. The van der Waals surface area contributed by atoms with E-state index in [1.54, 1.807) is 0 Å². The van der Waals surface area contributed by atoms with Crippen LogP contribution in [0, 0.1) is 0 Å². The van der Waals surface area contributed by atoms with Crippen LogP contribution in [0.4, 0.5) is 5.69 Å². The largest absolute Gasteiger partial charge is 0.351 e. The van der Waals surface area contributed by atoms with Crippen LogP contribution < -0.4 is 10.6 Å². The number of hydrogen-bond donors (Lipinski definition) is 2. The van der Waals surface area contributed by atoms with Crippen molar-refractivity contribution in [1.82, 2.24) is 10.2 Å². The minimum absolute atomic E-state index is 0.306. The molecule has 1 fully saturated rings. The van der Waals surface area contributed by atoms with Gasteiger partial charge in [0.1, 0.15) is 5.70 Å². The quantitative estimate of drug-likeness (QED) is 0.825. The highest BCUT2D eigenvalue weighted by Crippen LogP contribution is 2.29. The maximum Gasteiger partial charge on any atom is 0.274 e. The van der Waals surface area contributed by atoms with Gasteiger partial charge in [0.15, 0.2) is 0 Å². The lowest BCUT2D eigenvalue weighted by Crippen LogP contribution is -2.29. The van der Waals surface area contributed by atoms with Crippen molar-refractivity contribution < 1.29 is 9.59 Å². The number of benzene rings is 1. The molecular formula is C16H19N3O2. The van der Waals surface area contributed by atoms with Crippen LogP contribution in [0.25, 0.3) is 0 Å². The van der Waals surface area contributed by atoms with Gasteiger partial charge in [-0.05, 0) is 56.6 Å². The predicted molar refractivity (Wildman–Crippen MR) is 80.8 cm³/mol. The third-order valence-electron chi connectivity index (χ3n) is 4.11. The van der Waals surface area contributed by atoms with E-state index in [1.165, 1.54) is 11.6 Å². The first-order chi connectivity index (χ1) is 10.1. The van der Waals surface area contributed by atoms with Crippen LogP contribution in [0.1, 0.15) is 24.3 Å². The molecule has 2 aliphatic heterocycles. The number of anilines is 1. The summed E-state index contributed by atoms with van der Waals surface area (Å²) in [5.74, 6) is -0.172. The number of nitrogens with zero attached hydrogens (tertiary/aromatic N) is 1. The summed E-state index contributed by atoms with van der Waals surface area (Å²) >= 11 is 0. The minimum atomic E-state index is -0.371. The molecule has 1 aromatic rings. The van der Waals surface area contributed by atoms with E-state index in [0.717, 1.165) is 31.6 Å². The van der Waals surface area contributed by atoms with Crippen molar-refractivity contribution in [2.45, 2.75) is 18.8 Å². The summed E-state index contributed by atoms with van der Waals surface area (Å²) in [6.45, 7) is 2.23. The van der Waals surface area contributed by atoms with Gasteiger partial charge in [-0.3, -0.25) is 14.9 Å². The molecule has 21 heavy (non-hydrogen) atoms. The molecule has 2 heterocycles. The van der Waals surface area contributed by atoms with Crippen molar-refractivity contribution in [2.24, 2.45) is 0 Å². The number of amides is 2. The molecule has 5 heteroatoms. The van der Waals surface area contributed by atoms with E-state index in [9.17, 15) is 9.59 Å². The lowest BCUT2D eigenvalue weighted by Gasteiger charge is -2.29. The second-order valence-corrected chi connectivity index (χ2v) is 5.70. The van der Waals surface area contributed by atoms with Gasteiger partial charge in [-0.15, -0.1) is 0 Å². The van der Waals surface area contributed by atoms with Gasteiger partial charge in [-0.2, -0.15) is 0 Å². The van der Waals surface area contributed by atoms with Gasteiger partial charge in [0.2, 0.25) is 0 Å². The maximum atomic E-state index is 11.5. The molecule has 2 aliphatic rings. The van der Waals surface area contributed by atoms with E-state index in [4.69, 9.17) is 0 Å². The zero-order valence-corrected chi connectivity index (χ0v) is 12.1. The molecule has 2 amide bonds. The molecule has 0 spiro atoms. The van der Waals surface area contributed by atoms with Gasteiger partial charge < -0.3 is 10.2 Å². The molecule has 2 N–H and O–H groups in total. The van der Waals surface area contributed by atoms with E-state index < -0.39 is 0 Å². The lowest BCUT2D eigenvalue weighted by atomic mass is 9.89. The highest BCUT2D eigenvalue weighted by atomic mass is 16.2. The average molecular weight is 285 g/mol. The number of nitrogens with one attached hydrogen (secondary N) is 2. The van der Waals surface area contributed by atoms with E-state index >= 15 is 0 Å². The highest BCUT2D eigenvalue weighted by Gasteiger charge is 2.22. The van der Waals surface area contributed by atoms with Crippen molar-refractivity contribution in [3.63, 3.8) is 0 Å². The van der Waals surface area contributed by atoms with Crippen LogP contribution in [0.3, 0.4) is 0 Å². The van der Waals surface area contributed by atoms with Crippen LogP contribution >= 0.6 is 0 Å². The molecule has 0 aliphatic carbocycles. The molecule has 0 bridgehead atoms. The Morgan fingerprint density at radius 2 is 2.00 bits per heavy atom. The molecule has 0 radical (unpaired) electrons. The summed E-state index contributed by atoms with van der Waals surface area (Å²) in [6.07, 6.45) is 3.60. The van der Waals surface area contributed by atoms with Crippen LogP contribution in [0.2, 0.25) is 0 Å². The second-order valence-electron chi connectivity index (χ2n) is 5.70.